The predicted octanol–water partition coefficient (Wildman–Crippen LogP) is 5.35. The number of imide groups is 2. The number of nitrogens with zero attached hydrogens (tertiary/aromatic N) is 1. The molecule has 0 atom stereocenters. The van der Waals surface area contributed by atoms with Crippen molar-refractivity contribution in [3.63, 3.8) is 0 Å². The van der Waals surface area contributed by atoms with Gasteiger partial charge in [-0.15, -0.1) is 0 Å². The van der Waals surface area contributed by atoms with Gasteiger partial charge in [0.2, 0.25) is 0 Å². The molecular weight excluding hydrogens is 484 g/mol. The highest BCUT2D eigenvalue weighted by atomic mass is 16.5. The summed E-state index contributed by atoms with van der Waals surface area (Å²) in [5.74, 6) is 0.135. The third-order valence-corrected chi connectivity index (χ3v) is 5.76. The molecule has 1 heterocycles. The molecule has 4 rings (SSSR count). The molecule has 0 aromatic heterocycles. The summed E-state index contributed by atoms with van der Waals surface area (Å²) in [4.78, 5) is 39.3. The summed E-state index contributed by atoms with van der Waals surface area (Å²) in [6.45, 7) is 9.05. The molecule has 4 amide bonds. The maximum atomic E-state index is 13.2. The minimum absolute atomic E-state index is 0.176. The molecule has 1 N–H and O–H groups in total. The molecular formula is C30H30N2O6. The van der Waals surface area contributed by atoms with Crippen LogP contribution in [0, 0.1) is 13.8 Å². The van der Waals surface area contributed by atoms with Crippen LogP contribution in [0.25, 0.3) is 6.08 Å². The largest absolute Gasteiger partial charge is 0.494 e. The van der Waals surface area contributed by atoms with Crippen molar-refractivity contribution in [2.75, 3.05) is 18.1 Å². The molecule has 8 nitrogen and oxygen atoms in total. The van der Waals surface area contributed by atoms with Crippen LogP contribution >= 0.6 is 0 Å². The molecule has 1 aliphatic heterocycles. The predicted molar refractivity (Wildman–Crippen MR) is 144 cm³/mol. The number of hydrogen-bond acceptors (Lipinski definition) is 6. The number of carbonyl (C=O) groups is 3. The van der Waals surface area contributed by atoms with Crippen molar-refractivity contribution in [2.45, 2.75) is 34.3 Å². The van der Waals surface area contributed by atoms with Gasteiger partial charge in [0.05, 0.1) is 18.9 Å². The van der Waals surface area contributed by atoms with Crippen LogP contribution < -0.4 is 24.4 Å². The third kappa shape index (κ3) is 6.03. The molecule has 1 aliphatic rings. The van der Waals surface area contributed by atoms with Gasteiger partial charge in [0.1, 0.15) is 17.9 Å². The Bertz CT molecular complexity index is 1370. The molecule has 196 valence electrons. The van der Waals surface area contributed by atoms with Gasteiger partial charge in [-0.3, -0.25) is 14.9 Å². The lowest BCUT2D eigenvalue weighted by molar-refractivity contribution is -0.122. The van der Waals surface area contributed by atoms with E-state index in [-0.39, 0.29) is 5.57 Å². The van der Waals surface area contributed by atoms with E-state index in [9.17, 15) is 14.4 Å². The standard InChI is InChI=1S/C30H30N2O6/c1-5-36-24-10-8-23(9-11-24)32-29(34)25(28(33)31-30(32)35)16-21-7-12-26(27(17-21)37-6-2)38-18-22-14-19(3)13-20(4)15-22/h7-17H,5-6,18H2,1-4H3,(H,31,33,35)/b25-16+. The molecule has 8 heteroatoms. The second-order valence-electron chi connectivity index (χ2n) is 8.81. The fourth-order valence-corrected chi connectivity index (χ4v) is 4.23. The first-order chi connectivity index (χ1) is 18.3. The highest BCUT2D eigenvalue weighted by Crippen LogP contribution is 2.31. The minimum atomic E-state index is -0.813. The molecule has 1 fully saturated rings. The van der Waals surface area contributed by atoms with Crippen LogP contribution in [0.15, 0.2) is 66.2 Å². The third-order valence-electron chi connectivity index (χ3n) is 5.76. The van der Waals surface area contributed by atoms with E-state index in [1.807, 2.05) is 27.7 Å². The van der Waals surface area contributed by atoms with Crippen molar-refractivity contribution < 1.29 is 28.6 Å². The summed E-state index contributed by atoms with van der Waals surface area (Å²) < 4.78 is 17.2. The lowest BCUT2D eigenvalue weighted by Crippen LogP contribution is -2.54. The zero-order chi connectivity index (χ0) is 27.2. The smallest absolute Gasteiger partial charge is 0.335 e. The van der Waals surface area contributed by atoms with Gasteiger partial charge in [-0.25, -0.2) is 9.69 Å². The summed E-state index contributed by atoms with van der Waals surface area (Å²) >= 11 is 0. The molecule has 38 heavy (non-hydrogen) atoms. The normalized spacial score (nSPS) is 14.5. The Hall–Kier alpha value is -4.59. The van der Waals surface area contributed by atoms with E-state index in [1.165, 1.54) is 6.08 Å². The van der Waals surface area contributed by atoms with Crippen LogP contribution in [0.1, 0.15) is 36.1 Å². The first-order valence-electron chi connectivity index (χ1n) is 12.4. The number of carbonyl (C=O) groups excluding carboxylic acids is 3. The van der Waals surface area contributed by atoms with E-state index in [4.69, 9.17) is 14.2 Å². The van der Waals surface area contributed by atoms with Gasteiger partial charge in [-0.1, -0.05) is 35.4 Å². The van der Waals surface area contributed by atoms with Crippen molar-refractivity contribution in [2.24, 2.45) is 0 Å². The molecule has 1 saturated heterocycles. The Morgan fingerprint density at radius 3 is 2.13 bits per heavy atom. The van der Waals surface area contributed by atoms with E-state index in [1.54, 1.807) is 42.5 Å². The maximum Gasteiger partial charge on any atom is 0.335 e. The summed E-state index contributed by atoms with van der Waals surface area (Å²) in [7, 11) is 0. The molecule has 3 aromatic carbocycles. The van der Waals surface area contributed by atoms with Crippen molar-refractivity contribution in [3.8, 4) is 17.2 Å². The molecule has 0 saturated carbocycles. The fourth-order valence-electron chi connectivity index (χ4n) is 4.23. The van der Waals surface area contributed by atoms with Crippen molar-refractivity contribution in [3.05, 3.63) is 88.5 Å². The second-order valence-corrected chi connectivity index (χ2v) is 8.81. The van der Waals surface area contributed by atoms with Crippen LogP contribution in [0.5, 0.6) is 17.2 Å². The SMILES string of the molecule is CCOc1ccc(N2C(=O)NC(=O)/C(=C\c3ccc(OCc4cc(C)cc(C)c4)c(OCC)c3)C2=O)cc1. The number of hydrogen-bond donors (Lipinski definition) is 1. The second kappa shape index (κ2) is 11.6. The van der Waals surface area contributed by atoms with E-state index in [2.05, 4.69) is 23.5 Å². The Morgan fingerprint density at radius 1 is 0.789 bits per heavy atom. The van der Waals surface area contributed by atoms with E-state index in [0.29, 0.717) is 48.3 Å². The number of ether oxygens (including phenoxy) is 3. The minimum Gasteiger partial charge on any atom is -0.494 e. The van der Waals surface area contributed by atoms with Crippen LogP contribution in [0.3, 0.4) is 0 Å². The highest BCUT2D eigenvalue weighted by molar-refractivity contribution is 6.39. The van der Waals surface area contributed by atoms with E-state index >= 15 is 0 Å². The topological polar surface area (TPSA) is 94.2 Å². The van der Waals surface area contributed by atoms with Gasteiger partial charge in [0.25, 0.3) is 11.8 Å². The van der Waals surface area contributed by atoms with Gasteiger partial charge < -0.3 is 14.2 Å². The number of barbiturate groups is 1. The fraction of sp³-hybridized carbons (Fsp3) is 0.233. The Morgan fingerprint density at radius 2 is 1.47 bits per heavy atom. The molecule has 0 aliphatic carbocycles. The van der Waals surface area contributed by atoms with Gasteiger partial charge in [0.15, 0.2) is 11.5 Å². The van der Waals surface area contributed by atoms with Crippen LogP contribution in [0.4, 0.5) is 10.5 Å². The molecule has 0 spiro atoms. The molecule has 0 radical (unpaired) electrons. The summed E-state index contributed by atoms with van der Waals surface area (Å²) in [5, 5.41) is 2.24. The van der Waals surface area contributed by atoms with Gasteiger partial charge >= 0.3 is 6.03 Å². The average Bonchev–Trinajstić information content (AvgIpc) is 2.87. The van der Waals surface area contributed by atoms with Crippen LogP contribution in [0.2, 0.25) is 0 Å². The first kappa shape index (κ1) is 26.5. The van der Waals surface area contributed by atoms with Gasteiger partial charge in [-0.2, -0.15) is 0 Å². The lowest BCUT2D eigenvalue weighted by atomic mass is 10.1. The molecule has 0 unspecified atom stereocenters. The summed E-state index contributed by atoms with van der Waals surface area (Å²) in [6, 6.07) is 17.1. The summed E-state index contributed by atoms with van der Waals surface area (Å²) in [5.41, 5.74) is 4.04. The van der Waals surface area contributed by atoms with Crippen molar-refractivity contribution >= 4 is 29.6 Å². The van der Waals surface area contributed by atoms with Crippen molar-refractivity contribution in [1.29, 1.82) is 0 Å². The Kier molecular flexibility index (Phi) is 8.11. The zero-order valence-corrected chi connectivity index (χ0v) is 21.9. The quantitative estimate of drug-likeness (QED) is 0.306. The number of nitrogens with one attached hydrogen (secondary N) is 1. The number of urea groups is 1. The monoisotopic (exact) mass is 514 g/mol. The summed E-state index contributed by atoms with van der Waals surface area (Å²) in [6.07, 6.45) is 1.43. The number of aryl methyl sites for hydroxylation is 2. The first-order valence-corrected chi connectivity index (χ1v) is 12.4. The molecule has 3 aromatic rings. The Labute approximate surface area is 221 Å². The van der Waals surface area contributed by atoms with Gasteiger partial charge in [-0.05, 0) is 81.3 Å². The number of anilines is 1. The Balaban J connectivity index is 1.59. The van der Waals surface area contributed by atoms with Gasteiger partial charge in [0, 0.05) is 0 Å². The average molecular weight is 515 g/mol. The number of benzene rings is 3. The van der Waals surface area contributed by atoms with Crippen LogP contribution in [-0.2, 0) is 16.2 Å². The highest BCUT2D eigenvalue weighted by Gasteiger charge is 2.36. The maximum absolute atomic E-state index is 13.2. The van der Waals surface area contributed by atoms with E-state index in [0.717, 1.165) is 21.6 Å². The van der Waals surface area contributed by atoms with E-state index < -0.39 is 17.8 Å². The van der Waals surface area contributed by atoms with Crippen molar-refractivity contribution in [1.82, 2.24) is 5.32 Å². The number of amides is 4. The zero-order valence-electron chi connectivity index (χ0n) is 21.9. The molecule has 0 bridgehead atoms. The number of rotatable bonds is 9. The lowest BCUT2D eigenvalue weighted by Gasteiger charge is -2.26. The van der Waals surface area contributed by atoms with Crippen LogP contribution in [-0.4, -0.2) is 31.1 Å².